The number of H-pyrrole nitrogens is 3. The van der Waals surface area contributed by atoms with Crippen LogP contribution in [-0.4, -0.2) is 41.7 Å². The van der Waals surface area contributed by atoms with Crippen molar-refractivity contribution in [2.75, 3.05) is 0 Å². The molecule has 0 radical (unpaired) electrons. The predicted octanol–water partition coefficient (Wildman–Crippen LogP) is 2.52. The van der Waals surface area contributed by atoms with Crippen molar-refractivity contribution >= 4 is 16.8 Å². The molecule has 4 aromatic rings. The highest BCUT2D eigenvalue weighted by molar-refractivity contribution is 5.99. The van der Waals surface area contributed by atoms with Crippen LogP contribution < -0.4 is 5.32 Å². The molecule has 3 heterocycles. The van der Waals surface area contributed by atoms with Gasteiger partial charge in [-0.15, -0.1) is 10.2 Å². The fraction of sp³-hybridized carbons (Fsp3) is 0.350. The van der Waals surface area contributed by atoms with Gasteiger partial charge in [0.05, 0.1) is 12.2 Å². The first-order valence-electron chi connectivity index (χ1n) is 9.68. The fourth-order valence-electron chi connectivity index (χ4n) is 3.99. The summed E-state index contributed by atoms with van der Waals surface area (Å²) < 4.78 is 0. The molecule has 3 aromatic heterocycles. The van der Waals surface area contributed by atoms with Crippen LogP contribution >= 0.6 is 0 Å². The Hall–Kier alpha value is -3.49. The van der Waals surface area contributed by atoms with Crippen LogP contribution in [0.3, 0.4) is 0 Å². The van der Waals surface area contributed by atoms with E-state index in [2.05, 4.69) is 61.0 Å². The largest absolute Gasteiger partial charge is 0.353 e. The summed E-state index contributed by atoms with van der Waals surface area (Å²) in [6, 6.07) is 7.66. The molecular weight excluding hydrogens is 368 g/mol. The zero-order chi connectivity index (χ0) is 20.0. The summed E-state index contributed by atoms with van der Waals surface area (Å²) in [4.78, 5) is 15.9. The molecule has 0 aliphatic heterocycles. The van der Waals surface area contributed by atoms with Gasteiger partial charge in [0.15, 0.2) is 5.82 Å². The molecule has 0 spiro atoms. The van der Waals surface area contributed by atoms with Gasteiger partial charge in [-0.25, -0.2) is 0 Å². The third kappa shape index (κ3) is 3.28. The number of carbonyl (C=O) groups excluding carboxylic acids is 1. The van der Waals surface area contributed by atoms with E-state index >= 15 is 0 Å². The van der Waals surface area contributed by atoms with Crippen LogP contribution in [0.1, 0.15) is 47.7 Å². The average molecular weight is 390 g/mol. The minimum absolute atomic E-state index is 0.182. The number of benzene rings is 1. The molecule has 1 aliphatic carbocycles. The summed E-state index contributed by atoms with van der Waals surface area (Å²) in [7, 11) is 0. The first kappa shape index (κ1) is 17.6. The summed E-state index contributed by atoms with van der Waals surface area (Å²) >= 11 is 0. The molecule has 29 heavy (non-hydrogen) atoms. The molecule has 0 fully saturated rings. The Morgan fingerprint density at radius 2 is 2.14 bits per heavy atom. The van der Waals surface area contributed by atoms with E-state index in [9.17, 15) is 4.79 Å². The highest BCUT2D eigenvalue weighted by Crippen LogP contribution is 2.38. The maximum Gasteiger partial charge on any atom is 0.251 e. The summed E-state index contributed by atoms with van der Waals surface area (Å²) in [5.74, 6) is 0.258. The van der Waals surface area contributed by atoms with Gasteiger partial charge in [0.1, 0.15) is 5.69 Å². The lowest BCUT2D eigenvalue weighted by Crippen LogP contribution is -2.23. The van der Waals surface area contributed by atoms with Crippen molar-refractivity contribution in [1.82, 2.24) is 41.1 Å². The Kier molecular flexibility index (Phi) is 3.97. The maximum atomic E-state index is 12.4. The monoisotopic (exact) mass is 390 g/mol. The quantitative estimate of drug-likeness (QED) is 0.426. The molecule has 4 N–H and O–H groups in total. The maximum absolute atomic E-state index is 12.4. The van der Waals surface area contributed by atoms with E-state index in [1.165, 1.54) is 11.3 Å². The second-order valence-corrected chi connectivity index (χ2v) is 8.37. The number of hydrogen-bond acceptors (Lipinski definition) is 5. The first-order valence-corrected chi connectivity index (χ1v) is 9.68. The molecule has 1 aliphatic rings. The third-order valence-corrected chi connectivity index (χ3v) is 5.59. The molecule has 0 bridgehead atoms. The van der Waals surface area contributed by atoms with Gasteiger partial charge in [0.25, 0.3) is 5.91 Å². The van der Waals surface area contributed by atoms with Crippen molar-refractivity contribution in [2.45, 2.75) is 39.7 Å². The molecule has 148 valence electrons. The molecule has 9 heteroatoms. The lowest BCUT2D eigenvalue weighted by molar-refractivity contribution is 0.0950. The topological polar surface area (TPSA) is 128 Å². The van der Waals surface area contributed by atoms with Gasteiger partial charge in [0.2, 0.25) is 0 Å². The highest BCUT2D eigenvalue weighted by atomic mass is 16.1. The number of nitrogens with one attached hydrogen (secondary N) is 4. The summed E-state index contributed by atoms with van der Waals surface area (Å²) in [5, 5.41) is 25.1. The lowest BCUT2D eigenvalue weighted by Gasteiger charge is -2.28. The molecule has 1 amide bonds. The number of aromatic nitrogens is 7. The van der Waals surface area contributed by atoms with Crippen LogP contribution in [0.4, 0.5) is 0 Å². The van der Waals surface area contributed by atoms with E-state index in [1.807, 2.05) is 12.1 Å². The van der Waals surface area contributed by atoms with Crippen LogP contribution in [0.5, 0.6) is 0 Å². The Morgan fingerprint density at radius 1 is 1.24 bits per heavy atom. The van der Waals surface area contributed by atoms with E-state index in [0.717, 1.165) is 41.6 Å². The molecule has 0 saturated carbocycles. The van der Waals surface area contributed by atoms with Gasteiger partial charge >= 0.3 is 0 Å². The summed E-state index contributed by atoms with van der Waals surface area (Å²) in [6.45, 7) is 4.82. The van der Waals surface area contributed by atoms with Gasteiger partial charge < -0.3 is 10.3 Å². The van der Waals surface area contributed by atoms with Gasteiger partial charge in [-0.2, -0.15) is 10.3 Å². The smallest absolute Gasteiger partial charge is 0.251 e. The predicted molar refractivity (Wildman–Crippen MR) is 107 cm³/mol. The van der Waals surface area contributed by atoms with Crippen LogP contribution in [0, 0.1) is 5.41 Å². The average Bonchev–Trinajstić information content (AvgIpc) is 3.43. The SMILES string of the molecule is CC1(C)CCc2c(-c3cc4cc(C(=O)NCc5nn[nH]n5)ccc4[nH]3)n[nH]c2C1. The van der Waals surface area contributed by atoms with Crippen molar-refractivity contribution in [3.63, 3.8) is 0 Å². The summed E-state index contributed by atoms with van der Waals surface area (Å²) in [6.07, 6.45) is 3.19. The number of hydrogen-bond donors (Lipinski definition) is 4. The molecule has 0 unspecified atom stereocenters. The van der Waals surface area contributed by atoms with Crippen molar-refractivity contribution in [2.24, 2.45) is 5.41 Å². The van der Waals surface area contributed by atoms with Crippen LogP contribution in [0.15, 0.2) is 24.3 Å². The standard InChI is InChI=1S/C20H22N8O/c1-20(2)6-5-13-16(9-20)23-26-18(13)15-8-12-7-11(3-4-14(12)22-15)19(29)21-10-17-24-27-28-25-17/h3-4,7-8,22H,5-6,9-10H2,1-2H3,(H,21,29)(H,23,26)(H,24,25,27,28). The number of carbonyl (C=O) groups is 1. The highest BCUT2D eigenvalue weighted by Gasteiger charge is 2.29. The van der Waals surface area contributed by atoms with Gasteiger partial charge in [-0.05, 0) is 48.9 Å². The van der Waals surface area contributed by atoms with E-state index in [4.69, 9.17) is 0 Å². The number of fused-ring (bicyclic) bond motifs is 2. The Labute approximate surface area is 166 Å². The van der Waals surface area contributed by atoms with E-state index in [1.54, 1.807) is 6.07 Å². The zero-order valence-corrected chi connectivity index (χ0v) is 16.3. The lowest BCUT2D eigenvalue weighted by atomic mass is 9.76. The molecule has 5 rings (SSSR count). The Bertz CT molecular complexity index is 1180. The Balaban J connectivity index is 1.40. The number of aromatic amines is 3. The normalized spacial score (nSPS) is 15.4. The molecular formula is C20H22N8O. The first-order chi connectivity index (χ1) is 14.0. The number of rotatable bonds is 4. The number of tetrazole rings is 1. The third-order valence-electron chi connectivity index (χ3n) is 5.59. The molecule has 9 nitrogen and oxygen atoms in total. The Morgan fingerprint density at radius 3 is 2.97 bits per heavy atom. The fourth-order valence-corrected chi connectivity index (χ4v) is 3.99. The van der Waals surface area contributed by atoms with Crippen molar-refractivity contribution in [3.8, 4) is 11.4 Å². The number of amides is 1. The zero-order valence-electron chi connectivity index (χ0n) is 16.3. The molecule has 1 aromatic carbocycles. The minimum Gasteiger partial charge on any atom is -0.353 e. The second kappa shape index (κ2) is 6.54. The number of nitrogens with zero attached hydrogens (tertiary/aromatic N) is 4. The molecule has 0 saturated heterocycles. The van der Waals surface area contributed by atoms with Gasteiger partial charge in [-0.3, -0.25) is 9.89 Å². The minimum atomic E-state index is -0.182. The van der Waals surface area contributed by atoms with E-state index in [-0.39, 0.29) is 12.5 Å². The van der Waals surface area contributed by atoms with Crippen molar-refractivity contribution in [3.05, 3.63) is 46.9 Å². The van der Waals surface area contributed by atoms with E-state index in [0.29, 0.717) is 16.8 Å². The van der Waals surface area contributed by atoms with Gasteiger partial charge in [0, 0.05) is 27.7 Å². The second-order valence-electron chi connectivity index (χ2n) is 8.37. The van der Waals surface area contributed by atoms with Crippen molar-refractivity contribution in [1.29, 1.82) is 0 Å². The van der Waals surface area contributed by atoms with E-state index < -0.39 is 0 Å². The van der Waals surface area contributed by atoms with Crippen LogP contribution in [0.25, 0.3) is 22.3 Å². The molecule has 0 atom stereocenters. The van der Waals surface area contributed by atoms with Crippen molar-refractivity contribution < 1.29 is 4.79 Å². The van der Waals surface area contributed by atoms with Crippen LogP contribution in [-0.2, 0) is 19.4 Å². The summed E-state index contributed by atoms with van der Waals surface area (Å²) in [5.41, 5.74) is 6.35. The van der Waals surface area contributed by atoms with Crippen LogP contribution in [0.2, 0.25) is 0 Å². The van der Waals surface area contributed by atoms with Gasteiger partial charge in [-0.1, -0.05) is 19.1 Å².